The number of hydrogen-bond acceptors (Lipinski definition) is 3. The monoisotopic (exact) mass is 455 g/mol. The standard InChI is InChI=1S/C25H27ClFN3O2/c1-25(2)15-29(22(31)13-26)20-12-18(11-16-3-5-19(27)6-4-16)21-14-28-24(30(21)23(20)25)17-7-9-32-10-8-17/h3-6,12,14,17H,7-11,13,15H2,1-2H3. The van der Waals surface area contributed by atoms with Crippen LogP contribution in [0.4, 0.5) is 10.1 Å². The van der Waals surface area contributed by atoms with Gasteiger partial charge in [-0.1, -0.05) is 26.0 Å². The molecule has 1 fully saturated rings. The number of ether oxygens (including phenoxy) is 1. The van der Waals surface area contributed by atoms with Crippen molar-refractivity contribution in [2.45, 2.75) is 44.4 Å². The van der Waals surface area contributed by atoms with Crippen molar-refractivity contribution in [3.63, 3.8) is 0 Å². The summed E-state index contributed by atoms with van der Waals surface area (Å²) >= 11 is 5.97. The van der Waals surface area contributed by atoms with Crippen LogP contribution >= 0.6 is 11.6 Å². The first-order valence-electron chi connectivity index (χ1n) is 11.1. The molecule has 0 N–H and O–H groups in total. The van der Waals surface area contributed by atoms with Crippen LogP contribution in [0.5, 0.6) is 0 Å². The maximum atomic E-state index is 13.5. The summed E-state index contributed by atoms with van der Waals surface area (Å²) in [5, 5.41) is 0. The van der Waals surface area contributed by atoms with Crippen molar-refractivity contribution in [1.29, 1.82) is 0 Å². The molecule has 168 valence electrons. The Morgan fingerprint density at radius 1 is 1.25 bits per heavy atom. The lowest BCUT2D eigenvalue weighted by Crippen LogP contribution is -2.34. The Hall–Kier alpha value is -2.44. The Balaban J connectivity index is 1.72. The fraction of sp³-hybridized carbons (Fsp3) is 0.440. The van der Waals surface area contributed by atoms with E-state index in [1.165, 1.54) is 12.1 Å². The molecule has 0 radical (unpaired) electrons. The van der Waals surface area contributed by atoms with Gasteiger partial charge in [-0.2, -0.15) is 0 Å². The van der Waals surface area contributed by atoms with Crippen LogP contribution in [0.1, 0.15) is 55.3 Å². The summed E-state index contributed by atoms with van der Waals surface area (Å²) in [6.07, 6.45) is 4.44. The SMILES string of the molecule is CC1(C)CN(C(=O)CCl)c2cc(Cc3ccc(F)cc3)c3cnc(C4CCOCC4)n3c21. The maximum absolute atomic E-state index is 13.5. The van der Waals surface area contributed by atoms with Gasteiger partial charge in [-0.25, -0.2) is 9.37 Å². The van der Waals surface area contributed by atoms with Crippen LogP contribution in [0.3, 0.4) is 0 Å². The highest BCUT2D eigenvalue weighted by atomic mass is 35.5. The van der Waals surface area contributed by atoms with E-state index in [4.69, 9.17) is 21.3 Å². The third-order valence-electron chi connectivity index (χ3n) is 6.69. The van der Waals surface area contributed by atoms with Gasteiger partial charge < -0.3 is 9.64 Å². The van der Waals surface area contributed by atoms with Gasteiger partial charge in [0.25, 0.3) is 0 Å². The summed E-state index contributed by atoms with van der Waals surface area (Å²) in [5.41, 5.74) is 4.87. The fourth-order valence-corrected chi connectivity index (χ4v) is 5.31. The number of nitrogens with zero attached hydrogens (tertiary/aromatic N) is 3. The number of benzene rings is 1. The van der Waals surface area contributed by atoms with Crippen molar-refractivity contribution in [1.82, 2.24) is 9.38 Å². The molecule has 2 aromatic heterocycles. The first-order chi connectivity index (χ1) is 15.4. The van der Waals surface area contributed by atoms with Gasteiger partial charge in [0.05, 0.1) is 23.1 Å². The Kier molecular flexibility index (Phi) is 5.46. The average Bonchev–Trinajstić information content (AvgIpc) is 3.34. The third-order valence-corrected chi connectivity index (χ3v) is 6.92. The highest BCUT2D eigenvalue weighted by Crippen LogP contribution is 2.44. The minimum Gasteiger partial charge on any atom is -0.381 e. The minimum atomic E-state index is -0.250. The second-order valence-electron chi connectivity index (χ2n) is 9.43. The molecule has 1 amide bonds. The van der Waals surface area contributed by atoms with Crippen LogP contribution in [-0.4, -0.2) is 40.9 Å². The van der Waals surface area contributed by atoms with Gasteiger partial charge in [0.1, 0.15) is 17.5 Å². The van der Waals surface area contributed by atoms with Crippen LogP contribution in [0, 0.1) is 5.82 Å². The molecule has 0 unspecified atom stereocenters. The normalized spacial score (nSPS) is 18.3. The van der Waals surface area contributed by atoms with Gasteiger partial charge >= 0.3 is 0 Å². The van der Waals surface area contributed by atoms with Crippen molar-refractivity contribution in [3.05, 3.63) is 65.0 Å². The number of imidazole rings is 1. The number of anilines is 1. The van der Waals surface area contributed by atoms with Crippen molar-refractivity contribution in [2.24, 2.45) is 0 Å². The van der Waals surface area contributed by atoms with Crippen LogP contribution in [0.25, 0.3) is 5.52 Å². The summed E-state index contributed by atoms with van der Waals surface area (Å²) in [7, 11) is 0. The van der Waals surface area contributed by atoms with E-state index < -0.39 is 0 Å². The molecular weight excluding hydrogens is 429 g/mol. The van der Waals surface area contributed by atoms with Gasteiger partial charge in [0.2, 0.25) is 5.91 Å². The Bertz CT molecular complexity index is 1170. The number of alkyl halides is 1. The molecule has 5 nitrogen and oxygen atoms in total. The van der Waals surface area contributed by atoms with E-state index >= 15 is 0 Å². The maximum Gasteiger partial charge on any atom is 0.241 e. The highest BCUT2D eigenvalue weighted by Gasteiger charge is 2.41. The second kappa shape index (κ2) is 8.16. The van der Waals surface area contributed by atoms with Gasteiger partial charge in [-0.05, 0) is 48.6 Å². The second-order valence-corrected chi connectivity index (χ2v) is 9.70. The molecule has 5 rings (SSSR count). The molecule has 1 saturated heterocycles. The number of rotatable bonds is 4. The lowest BCUT2D eigenvalue weighted by atomic mass is 9.89. The molecule has 4 heterocycles. The molecule has 0 spiro atoms. The predicted octanol–water partition coefficient (Wildman–Crippen LogP) is 4.82. The molecule has 0 aliphatic carbocycles. The van der Waals surface area contributed by atoms with Crippen LogP contribution in [0.2, 0.25) is 0 Å². The molecule has 1 aromatic carbocycles. The average molecular weight is 456 g/mol. The number of halogens is 2. The van der Waals surface area contributed by atoms with E-state index in [0.29, 0.717) is 18.9 Å². The molecule has 2 aliphatic heterocycles. The lowest BCUT2D eigenvalue weighted by molar-refractivity contribution is -0.116. The number of fused-ring (bicyclic) bond motifs is 3. The number of hydrogen-bond donors (Lipinski definition) is 0. The van der Waals surface area contributed by atoms with Crippen molar-refractivity contribution in [3.8, 4) is 0 Å². The lowest BCUT2D eigenvalue weighted by Gasteiger charge is -2.25. The van der Waals surface area contributed by atoms with Gasteiger partial charge in [0.15, 0.2) is 0 Å². The first-order valence-corrected chi connectivity index (χ1v) is 11.6. The van der Waals surface area contributed by atoms with Crippen LogP contribution in [-0.2, 0) is 21.4 Å². The number of carbonyl (C=O) groups is 1. The Morgan fingerprint density at radius 2 is 1.97 bits per heavy atom. The summed E-state index contributed by atoms with van der Waals surface area (Å²) in [6, 6.07) is 8.68. The summed E-state index contributed by atoms with van der Waals surface area (Å²) < 4.78 is 21.3. The molecule has 0 saturated carbocycles. The topological polar surface area (TPSA) is 46.8 Å². The van der Waals surface area contributed by atoms with Gasteiger partial charge in [0, 0.05) is 31.1 Å². The quantitative estimate of drug-likeness (QED) is 0.530. The van der Waals surface area contributed by atoms with Crippen LogP contribution < -0.4 is 4.90 Å². The number of amides is 1. The Labute approximate surface area is 192 Å². The largest absolute Gasteiger partial charge is 0.381 e. The Morgan fingerprint density at radius 3 is 2.66 bits per heavy atom. The molecule has 3 aromatic rings. The third kappa shape index (κ3) is 3.59. The smallest absolute Gasteiger partial charge is 0.241 e. The number of aromatic nitrogens is 2. The van der Waals surface area contributed by atoms with E-state index in [9.17, 15) is 9.18 Å². The number of carbonyl (C=O) groups excluding carboxylic acids is 1. The molecule has 0 atom stereocenters. The van der Waals surface area contributed by atoms with E-state index in [0.717, 1.165) is 59.9 Å². The summed E-state index contributed by atoms with van der Waals surface area (Å²) in [5.74, 6) is 0.939. The van der Waals surface area contributed by atoms with Crippen molar-refractivity contribution >= 4 is 28.7 Å². The summed E-state index contributed by atoms with van der Waals surface area (Å²) in [6.45, 7) is 6.38. The van der Waals surface area contributed by atoms with E-state index in [2.05, 4.69) is 24.3 Å². The van der Waals surface area contributed by atoms with E-state index in [-0.39, 0.29) is 23.0 Å². The number of pyridine rings is 1. The highest BCUT2D eigenvalue weighted by molar-refractivity contribution is 6.29. The van der Waals surface area contributed by atoms with Crippen LogP contribution in [0.15, 0.2) is 36.5 Å². The zero-order chi connectivity index (χ0) is 22.5. The van der Waals surface area contributed by atoms with Crippen molar-refractivity contribution < 1.29 is 13.9 Å². The fourth-order valence-electron chi connectivity index (χ4n) is 5.16. The molecule has 7 heteroatoms. The van der Waals surface area contributed by atoms with Crippen molar-refractivity contribution in [2.75, 3.05) is 30.5 Å². The van der Waals surface area contributed by atoms with Gasteiger partial charge in [-0.3, -0.25) is 9.20 Å². The molecular formula is C25H27ClFN3O2. The minimum absolute atomic E-state index is 0.0579. The zero-order valence-corrected chi connectivity index (χ0v) is 19.2. The first kappa shape index (κ1) is 21.4. The van der Waals surface area contributed by atoms with E-state index in [1.807, 2.05) is 11.1 Å². The molecule has 32 heavy (non-hydrogen) atoms. The molecule has 0 bridgehead atoms. The summed E-state index contributed by atoms with van der Waals surface area (Å²) in [4.78, 5) is 19.4. The van der Waals surface area contributed by atoms with E-state index in [1.54, 1.807) is 12.1 Å². The van der Waals surface area contributed by atoms with Gasteiger partial charge in [-0.15, -0.1) is 11.6 Å². The zero-order valence-electron chi connectivity index (χ0n) is 18.4. The molecule has 2 aliphatic rings. The predicted molar refractivity (Wildman–Crippen MR) is 123 cm³/mol.